The van der Waals surface area contributed by atoms with Crippen LogP contribution >= 0.6 is 0 Å². The van der Waals surface area contributed by atoms with Crippen molar-refractivity contribution in [3.8, 4) is 74.1 Å². The minimum absolute atomic E-state index is 0.586. The lowest BCUT2D eigenvalue weighted by Crippen LogP contribution is -2.47. The lowest BCUT2D eigenvalue weighted by molar-refractivity contribution is -0.168. The summed E-state index contributed by atoms with van der Waals surface area (Å²) in [5.74, 6) is 3.32. The van der Waals surface area contributed by atoms with Gasteiger partial charge >= 0.3 is 35.8 Å². The summed E-state index contributed by atoms with van der Waals surface area (Å²) in [6.07, 6.45) is 30.0. The van der Waals surface area contributed by atoms with E-state index in [-0.39, 0.29) is 0 Å². The molecule has 0 fully saturated rings. The molecule has 0 N–H and O–H groups in total. The van der Waals surface area contributed by atoms with E-state index in [0.717, 1.165) is 0 Å². The van der Waals surface area contributed by atoms with Gasteiger partial charge in [-0.25, -0.2) is 28.8 Å². The fourth-order valence-corrected chi connectivity index (χ4v) is 2.55. The highest BCUT2D eigenvalue weighted by Crippen LogP contribution is 2.26. The van der Waals surface area contributed by atoms with Crippen LogP contribution in [0.25, 0.3) is 0 Å². The molecule has 13 heteroatoms. The van der Waals surface area contributed by atoms with Crippen LogP contribution in [0.1, 0.15) is 0 Å². The van der Waals surface area contributed by atoms with Gasteiger partial charge in [-0.05, 0) is 0 Å². The van der Waals surface area contributed by atoms with Crippen LogP contribution in [0.4, 0.5) is 0 Å². The molecule has 0 radical (unpaired) electrons. The van der Waals surface area contributed by atoms with Gasteiger partial charge in [-0.3, -0.25) is 0 Å². The quantitative estimate of drug-likeness (QED) is 0.0875. The number of ether oxygens (including phenoxy) is 7. The predicted molar refractivity (Wildman–Crippen MR) is 134 cm³/mol. The number of hydrogen-bond acceptors (Lipinski definition) is 13. The van der Waals surface area contributed by atoms with E-state index in [1.54, 1.807) is 35.5 Å². The van der Waals surface area contributed by atoms with Gasteiger partial charge in [-0.1, -0.05) is 0 Å². The van der Waals surface area contributed by atoms with Gasteiger partial charge in [0.2, 0.25) is 0 Å². The van der Waals surface area contributed by atoms with E-state index in [1.807, 2.05) is 0 Å². The van der Waals surface area contributed by atoms with E-state index in [0.29, 0.717) is 0 Å². The molecule has 0 spiro atoms. The molecule has 0 saturated carbocycles. The highest BCUT2D eigenvalue weighted by molar-refractivity contribution is 5.89. The average molecular weight is 566 g/mol. The lowest BCUT2D eigenvalue weighted by Gasteiger charge is -2.35. The van der Waals surface area contributed by atoms with Crippen molar-refractivity contribution in [2.45, 2.75) is 0 Å². The van der Waals surface area contributed by atoms with Crippen LogP contribution in [0, 0.1) is 84.9 Å². The van der Waals surface area contributed by atoms with Gasteiger partial charge in [0.1, 0.15) is 39.6 Å². The van der Waals surface area contributed by atoms with E-state index in [4.69, 9.17) is 71.7 Å². The summed E-state index contributed by atoms with van der Waals surface area (Å²) >= 11 is 0. The van der Waals surface area contributed by atoms with Crippen molar-refractivity contribution in [3.63, 3.8) is 0 Å². The third-order valence-electron chi connectivity index (χ3n) is 4.58. The van der Waals surface area contributed by atoms with Crippen LogP contribution in [0.3, 0.4) is 0 Å². The Kier molecular flexibility index (Phi) is 15.8. The SMILES string of the molecule is C#CC(=O)OCC(COCC(COC(=O)C#C)(COC(=O)C#C)COC(=O)C#C)(COC(=O)C#C)COC(=O)C#C. The Hall–Kier alpha value is -5.86. The molecule has 0 aliphatic rings. The largest absolute Gasteiger partial charge is 0.455 e. The number of hydrogen-bond donors (Lipinski definition) is 0. The molecule has 212 valence electrons. The Morgan fingerprint density at radius 3 is 0.683 bits per heavy atom. The van der Waals surface area contributed by atoms with Gasteiger partial charge in [0, 0.05) is 35.5 Å². The van der Waals surface area contributed by atoms with E-state index >= 15 is 0 Å². The Bertz CT molecular complexity index is 1020. The molecule has 0 aliphatic carbocycles. The maximum absolute atomic E-state index is 11.6. The molecule has 0 rings (SSSR count). The molecule has 0 aromatic carbocycles. The summed E-state index contributed by atoms with van der Waals surface area (Å²) in [5.41, 5.74) is -3.37. The van der Waals surface area contributed by atoms with Crippen molar-refractivity contribution in [1.29, 1.82) is 0 Å². The van der Waals surface area contributed by atoms with Crippen LogP contribution in [0.15, 0.2) is 0 Å². The number of carbonyl (C=O) groups excluding carboxylic acids is 6. The Balaban J connectivity index is 6.34. The normalized spacial score (nSPS) is 9.80. The predicted octanol–water partition coefficient (Wildman–Crippen LogP) is -1.97. The Morgan fingerprint density at radius 1 is 0.366 bits per heavy atom. The summed E-state index contributed by atoms with van der Waals surface area (Å²) in [6.45, 7) is -5.15. The second kappa shape index (κ2) is 18.4. The third-order valence-corrected chi connectivity index (χ3v) is 4.58. The average Bonchev–Trinajstić information content (AvgIpc) is 3.00. The smallest absolute Gasteiger partial charge is 0.384 e. The van der Waals surface area contributed by atoms with E-state index in [9.17, 15) is 28.8 Å². The fraction of sp³-hybridized carbons (Fsp3) is 0.357. The molecule has 0 heterocycles. The first-order chi connectivity index (χ1) is 19.4. The van der Waals surface area contributed by atoms with Crippen LogP contribution in [-0.2, 0) is 61.9 Å². The second-order valence-electron chi connectivity index (χ2n) is 7.82. The number of esters is 6. The summed E-state index contributed by atoms with van der Waals surface area (Å²) in [7, 11) is 0. The zero-order valence-electron chi connectivity index (χ0n) is 21.4. The first-order valence-corrected chi connectivity index (χ1v) is 10.8. The minimum Gasteiger partial charge on any atom is -0.455 e. The minimum atomic E-state index is -1.68. The Morgan fingerprint density at radius 2 is 0.537 bits per heavy atom. The molecule has 0 unspecified atom stereocenters. The van der Waals surface area contributed by atoms with E-state index in [2.05, 4.69) is 0 Å². The fourth-order valence-electron chi connectivity index (χ4n) is 2.55. The van der Waals surface area contributed by atoms with Gasteiger partial charge < -0.3 is 33.2 Å². The summed E-state index contributed by atoms with van der Waals surface area (Å²) in [5, 5.41) is 0. The van der Waals surface area contributed by atoms with Crippen molar-refractivity contribution in [3.05, 3.63) is 0 Å². The summed E-state index contributed by atoms with van der Waals surface area (Å²) < 4.78 is 35.3. The first-order valence-electron chi connectivity index (χ1n) is 10.8. The zero-order valence-corrected chi connectivity index (χ0v) is 21.4. The Labute approximate surface area is 235 Å². The van der Waals surface area contributed by atoms with Crippen molar-refractivity contribution in [2.75, 3.05) is 52.9 Å². The van der Waals surface area contributed by atoms with E-state index in [1.165, 1.54) is 0 Å². The molecule has 0 bridgehead atoms. The van der Waals surface area contributed by atoms with Crippen molar-refractivity contribution in [1.82, 2.24) is 0 Å². The van der Waals surface area contributed by atoms with Gasteiger partial charge in [0.15, 0.2) is 0 Å². The standard InChI is InChI=1S/C28H22O13/c1-7-21(29)36-15-27(16-37-22(30)8-2,17-38-23(31)9-3)13-35-14-28(18-39-24(32)10-4,19-40-25(33)11-5)20-41-26(34)12-6/h1-6H,13-20H2. The molecular weight excluding hydrogens is 544 g/mol. The molecule has 0 aromatic rings. The number of carbonyl (C=O) groups is 6. The second-order valence-corrected chi connectivity index (χ2v) is 7.82. The number of rotatable bonds is 16. The molecular formula is C28H22O13. The van der Waals surface area contributed by atoms with Gasteiger partial charge in [0.05, 0.1) is 24.0 Å². The third kappa shape index (κ3) is 14.0. The van der Waals surface area contributed by atoms with Gasteiger partial charge in [0.25, 0.3) is 0 Å². The van der Waals surface area contributed by atoms with Crippen molar-refractivity contribution >= 4 is 35.8 Å². The molecule has 41 heavy (non-hydrogen) atoms. The van der Waals surface area contributed by atoms with Gasteiger partial charge in [-0.15, -0.1) is 38.5 Å². The van der Waals surface area contributed by atoms with Crippen LogP contribution in [-0.4, -0.2) is 88.7 Å². The molecule has 0 amide bonds. The summed E-state index contributed by atoms with van der Waals surface area (Å²) in [4.78, 5) is 69.8. The maximum Gasteiger partial charge on any atom is 0.384 e. The molecule has 0 saturated heterocycles. The van der Waals surface area contributed by atoms with E-state index < -0.39 is 99.5 Å². The highest BCUT2D eigenvalue weighted by atomic mass is 16.6. The monoisotopic (exact) mass is 566 g/mol. The van der Waals surface area contributed by atoms with Crippen molar-refractivity contribution < 1.29 is 61.9 Å². The summed E-state index contributed by atoms with van der Waals surface area (Å²) in [6, 6.07) is 0. The highest BCUT2D eigenvalue weighted by Gasteiger charge is 2.40. The topological polar surface area (TPSA) is 167 Å². The van der Waals surface area contributed by atoms with Crippen LogP contribution in [0.2, 0.25) is 0 Å². The number of terminal acetylenes is 6. The van der Waals surface area contributed by atoms with Crippen LogP contribution < -0.4 is 0 Å². The lowest BCUT2D eigenvalue weighted by atomic mass is 9.90. The molecule has 0 aliphatic heterocycles. The first kappa shape index (κ1) is 35.1. The van der Waals surface area contributed by atoms with Crippen molar-refractivity contribution in [2.24, 2.45) is 10.8 Å². The zero-order chi connectivity index (χ0) is 31.3. The van der Waals surface area contributed by atoms with Gasteiger partial charge in [-0.2, -0.15) is 0 Å². The van der Waals surface area contributed by atoms with Crippen LogP contribution in [0.5, 0.6) is 0 Å². The molecule has 0 aromatic heterocycles. The maximum atomic E-state index is 11.6. The molecule has 13 nitrogen and oxygen atoms in total. The molecule has 0 atom stereocenters.